The molecule has 3 aromatic rings. The lowest BCUT2D eigenvalue weighted by atomic mass is 10.1. The summed E-state index contributed by atoms with van der Waals surface area (Å²) in [6.45, 7) is 1.67. The van der Waals surface area contributed by atoms with E-state index >= 15 is 0 Å². The van der Waals surface area contributed by atoms with Crippen molar-refractivity contribution < 1.29 is 18.7 Å². The molecule has 0 bridgehead atoms. The van der Waals surface area contributed by atoms with Crippen LogP contribution in [0.25, 0.3) is 11.3 Å². The van der Waals surface area contributed by atoms with E-state index in [4.69, 9.17) is 13.9 Å². The van der Waals surface area contributed by atoms with Gasteiger partial charge < -0.3 is 13.9 Å². The zero-order valence-corrected chi connectivity index (χ0v) is 19.0. The van der Waals surface area contributed by atoms with Gasteiger partial charge in [-0.15, -0.1) is 0 Å². The highest BCUT2D eigenvalue weighted by Crippen LogP contribution is 2.23. The van der Waals surface area contributed by atoms with Gasteiger partial charge in [-0.2, -0.15) is 10.4 Å². The maximum Gasteiger partial charge on any atom is 0.278 e. The van der Waals surface area contributed by atoms with Crippen LogP contribution in [0.3, 0.4) is 0 Å². The summed E-state index contributed by atoms with van der Waals surface area (Å²) in [6.07, 6.45) is 1.40. The minimum Gasteiger partial charge on any atom is -0.467 e. The van der Waals surface area contributed by atoms with Crippen molar-refractivity contribution in [1.82, 2.24) is 10.4 Å². The number of aromatic nitrogens is 1. The van der Waals surface area contributed by atoms with Crippen molar-refractivity contribution in [2.24, 2.45) is 5.10 Å². The molecule has 3 rings (SSSR count). The number of carbonyl (C=O) groups excluding carboxylic acids is 1. The molecule has 9 heteroatoms. The molecular formula is C22H19IN4O4. The van der Waals surface area contributed by atoms with Gasteiger partial charge in [0.1, 0.15) is 23.2 Å². The number of ether oxygens (including phenoxy) is 2. The number of nitrogens with zero attached hydrogens (tertiary/aromatic N) is 3. The van der Waals surface area contributed by atoms with E-state index < -0.39 is 5.91 Å². The zero-order chi connectivity index (χ0) is 22.2. The Morgan fingerprint density at radius 1 is 1.32 bits per heavy atom. The molecule has 0 unspecified atom stereocenters. The number of halogens is 1. The number of hydrogen-bond donors (Lipinski definition) is 1. The van der Waals surface area contributed by atoms with E-state index in [1.54, 1.807) is 19.1 Å². The third-order valence-corrected chi connectivity index (χ3v) is 4.80. The molecule has 0 saturated carbocycles. The number of rotatable bonds is 8. The third-order valence-electron chi connectivity index (χ3n) is 4.08. The summed E-state index contributed by atoms with van der Waals surface area (Å²) in [5.41, 5.74) is 4.85. The zero-order valence-electron chi connectivity index (χ0n) is 16.9. The summed E-state index contributed by atoms with van der Waals surface area (Å²) < 4.78 is 17.4. The van der Waals surface area contributed by atoms with Crippen molar-refractivity contribution in [1.29, 1.82) is 5.26 Å². The maximum atomic E-state index is 12.0. The number of pyridine rings is 1. The van der Waals surface area contributed by atoms with Crippen LogP contribution in [-0.4, -0.2) is 30.8 Å². The number of furan rings is 1. The van der Waals surface area contributed by atoms with E-state index in [9.17, 15) is 10.1 Å². The van der Waals surface area contributed by atoms with Crippen LogP contribution in [0.4, 0.5) is 0 Å². The number of aryl methyl sites for hydroxylation is 1. The molecule has 158 valence electrons. The molecule has 0 saturated heterocycles. The largest absolute Gasteiger partial charge is 0.467 e. The lowest BCUT2D eigenvalue weighted by molar-refractivity contribution is -0.123. The van der Waals surface area contributed by atoms with Crippen molar-refractivity contribution in [3.63, 3.8) is 0 Å². The molecule has 1 N–H and O–H groups in total. The molecule has 0 atom stereocenters. The van der Waals surface area contributed by atoms with Gasteiger partial charge in [-0.05, 0) is 59.8 Å². The Morgan fingerprint density at radius 3 is 2.81 bits per heavy atom. The van der Waals surface area contributed by atoms with Gasteiger partial charge >= 0.3 is 0 Å². The monoisotopic (exact) mass is 530 g/mol. The van der Waals surface area contributed by atoms with E-state index in [-0.39, 0.29) is 24.7 Å². The van der Waals surface area contributed by atoms with Crippen LogP contribution in [0.1, 0.15) is 22.6 Å². The Labute approximate surface area is 193 Å². The summed E-state index contributed by atoms with van der Waals surface area (Å²) in [6, 6.07) is 15.3. The highest BCUT2D eigenvalue weighted by atomic mass is 127. The normalized spacial score (nSPS) is 10.8. The van der Waals surface area contributed by atoms with E-state index in [2.05, 4.69) is 38.1 Å². The van der Waals surface area contributed by atoms with Gasteiger partial charge in [0.25, 0.3) is 5.91 Å². The van der Waals surface area contributed by atoms with Crippen LogP contribution < -0.4 is 10.2 Å². The summed E-state index contributed by atoms with van der Waals surface area (Å²) >= 11 is 2.24. The Morgan fingerprint density at radius 2 is 2.10 bits per heavy atom. The van der Waals surface area contributed by atoms with Crippen LogP contribution in [-0.2, 0) is 16.1 Å². The van der Waals surface area contributed by atoms with Crippen LogP contribution in [0, 0.1) is 21.8 Å². The first-order valence-corrected chi connectivity index (χ1v) is 10.3. The maximum absolute atomic E-state index is 12.0. The van der Waals surface area contributed by atoms with Gasteiger partial charge in [0, 0.05) is 27.5 Å². The number of carbonyl (C=O) groups is 1. The highest BCUT2D eigenvalue weighted by Gasteiger charge is 2.14. The topological polar surface area (TPSA) is 110 Å². The second-order valence-electron chi connectivity index (χ2n) is 6.44. The molecule has 1 amide bonds. The van der Waals surface area contributed by atoms with Crippen molar-refractivity contribution in [3.05, 3.63) is 68.6 Å². The Bertz CT molecular complexity index is 1130. The average Bonchev–Trinajstić information content (AvgIpc) is 3.22. The third kappa shape index (κ3) is 6.13. The van der Waals surface area contributed by atoms with E-state index in [1.165, 1.54) is 13.3 Å². The van der Waals surface area contributed by atoms with Gasteiger partial charge in [0.15, 0.2) is 6.61 Å². The summed E-state index contributed by atoms with van der Waals surface area (Å²) in [5, 5.41) is 13.3. The first kappa shape index (κ1) is 22.5. The molecule has 8 nitrogen and oxygen atoms in total. The molecule has 31 heavy (non-hydrogen) atoms. The number of benzene rings is 1. The lowest BCUT2D eigenvalue weighted by Gasteiger charge is -2.10. The highest BCUT2D eigenvalue weighted by molar-refractivity contribution is 14.1. The van der Waals surface area contributed by atoms with Crippen LogP contribution >= 0.6 is 22.6 Å². The number of nitriles is 1. The van der Waals surface area contributed by atoms with Crippen LogP contribution in [0.5, 0.6) is 5.88 Å². The molecule has 0 aliphatic rings. The Hall–Kier alpha value is -3.23. The van der Waals surface area contributed by atoms with Gasteiger partial charge in [0.05, 0.1) is 12.8 Å². The first-order chi connectivity index (χ1) is 15.0. The fraction of sp³-hybridized carbons (Fsp3) is 0.182. The number of hydrogen-bond acceptors (Lipinski definition) is 7. The fourth-order valence-corrected chi connectivity index (χ4v) is 3.09. The van der Waals surface area contributed by atoms with Gasteiger partial charge in [-0.1, -0.05) is 12.1 Å². The number of nitrogens with one attached hydrogen (secondary N) is 1. The second kappa shape index (κ2) is 10.7. The molecule has 2 aromatic heterocycles. The number of hydrazone groups is 1. The summed E-state index contributed by atoms with van der Waals surface area (Å²) in [7, 11) is 1.53. The predicted molar refractivity (Wildman–Crippen MR) is 122 cm³/mol. The van der Waals surface area contributed by atoms with Crippen LogP contribution in [0.15, 0.2) is 52.0 Å². The second-order valence-corrected chi connectivity index (χ2v) is 7.68. The molecule has 0 aliphatic heterocycles. The molecule has 0 radical (unpaired) electrons. The molecule has 0 spiro atoms. The molecule has 1 aromatic carbocycles. The molecule has 2 heterocycles. The average molecular weight is 530 g/mol. The quantitative estimate of drug-likeness (QED) is 0.270. The van der Waals surface area contributed by atoms with Crippen molar-refractivity contribution in [2.45, 2.75) is 13.5 Å². The molecular weight excluding hydrogens is 511 g/mol. The predicted octanol–water partition coefficient (Wildman–Crippen LogP) is 3.80. The molecule has 0 fully saturated rings. The van der Waals surface area contributed by atoms with Gasteiger partial charge in [-0.25, -0.2) is 10.4 Å². The fourth-order valence-electron chi connectivity index (χ4n) is 2.73. The number of amides is 1. The molecule has 0 aliphatic carbocycles. The van der Waals surface area contributed by atoms with Crippen molar-refractivity contribution in [2.75, 3.05) is 13.7 Å². The van der Waals surface area contributed by atoms with E-state index in [1.807, 2.05) is 36.4 Å². The standard InChI is InChI=1S/C22H19IN4O4/c1-14-9-16(12-29-2)19(10-24)22(26-14)30-13-21(28)27-25-11-18-7-8-20(31-18)15-3-5-17(23)6-4-15/h3-9,11H,12-13H2,1-2H3,(H,27,28)/b25-11-. The van der Waals surface area contributed by atoms with E-state index in [0.29, 0.717) is 22.8 Å². The first-order valence-electron chi connectivity index (χ1n) is 9.20. The van der Waals surface area contributed by atoms with E-state index in [0.717, 1.165) is 9.13 Å². The minimum atomic E-state index is -0.499. The summed E-state index contributed by atoms with van der Waals surface area (Å²) in [5.74, 6) is 0.781. The minimum absolute atomic E-state index is 0.0851. The number of methoxy groups -OCH3 is 1. The Balaban J connectivity index is 1.57. The Kier molecular flexibility index (Phi) is 7.75. The van der Waals surface area contributed by atoms with Gasteiger partial charge in [0.2, 0.25) is 5.88 Å². The van der Waals surface area contributed by atoms with Crippen molar-refractivity contribution in [3.8, 4) is 23.3 Å². The van der Waals surface area contributed by atoms with Gasteiger partial charge in [-0.3, -0.25) is 4.79 Å². The lowest BCUT2D eigenvalue weighted by Crippen LogP contribution is -2.25. The summed E-state index contributed by atoms with van der Waals surface area (Å²) in [4.78, 5) is 16.2. The van der Waals surface area contributed by atoms with Crippen molar-refractivity contribution >= 4 is 34.7 Å². The smallest absolute Gasteiger partial charge is 0.278 e. The SMILES string of the molecule is COCc1cc(C)nc(OCC(=O)N/N=C\c2ccc(-c3ccc(I)cc3)o2)c1C#N. The van der Waals surface area contributed by atoms with Crippen LogP contribution in [0.2, 0.25) is 0 Å².